The lowest BCUT2D eigenvalue weighted by molar-refractivity contribution is -0.109. The van der Waals surface area contributed by atoms with Crippen LogP contribution in [0.15, 0.2) is 0 Å². The van der Waals surface area contributed by atoms with Gasteiger partial charge in [0.1, 0.15) is 0 Å². The van der Waals surface area contributed by atoms with Gasteiger partial charge in [-0.1, -0.05) is 128 Å². The summed E-state index contributed by atoms with van der Waals surface area (Å²) in [5, 5.41) is 0.201. The molecule has 0 aliphatic carbocycles. The van der Waals surface area contributed by atoms with E-state index >= 15 is 0 Å². The minimum absolute atomic E-state index is 0.201. The minimum Gasteiger partial charge on any atom is -0.393 e. The average molecular weight is 530 g/mol. The maximum Gasteiger partial charge on any atom is 0.357 e. The molecule has 0 radical (unpaired) electrons. The number of rotatable bonds is 22. The summed E-state index contributed by atoms with van der Waals surface area (Å²) in [5.74, 6) is 1.54. The first-order valence-corrected chi connectivity index (χ1v) is 18.5. The molecule has 6 heteroatoms. The first kappa shape index (κ1) is 33.1. The van der Waals surface area contributed by atoms with E-state index in [1.54, 1.807) is 6.92 Å². The van der Waals surface area contributed by atoms with Gasteiger partial charge in [0.15, 0.2) is 5.12 Å². The topological polar surface area (TPSA) is 47.6 Å². The van der Waals surface area contributed by atoms with E-state index in [4.69, 9.17) is 8.95 Å². The Morgan fingerprint density at radius 1 is 0.829 bits per heavy atom. The van der Waals surface area contributed by atoms with Gasteiger partial charge in [-0.15, -0.1) is 0 Å². The molecule has 1 aliphatic heterocycles. The van der Waals surface area contributed by atoms with Crippen LogP contribution in [0.4, 0.5) is 0 Å². The number of carbonyl (C=O) groups is 1. The first-order chi connectivity index (χ1) is 17.1. The molecule has 2 unspecified atom stereocenters. The maximum atomic E-state index is 11.1. The van der Waals surface area contributed by atoms with Crippen LogP contribution >= 0.6 is 11.8 Å². The summed E-state index contributed by atoms with van der Waals surface area (Å²) >= 11 is 1.41. The number of hydrogen-bond acceptors (Lipinski definition) is 5. The highest BCUT2D eigenvalue weighted by atomic mass is 32.2. The number of hydroxylamine groups is 1. The van der Waals surface area contributed by atoms with Crippen LogP contribution in [0.1, 0.15) is 143 Å². The molecule has 0 aromatic carbocycles. The van der Waals surface area contributed by atoms with Crippen LogP contribution in [0, 0.1) is 5.92 Å². The Morgan fingerprint density at radius 3 is 1.89 bits per heavy atom. The molecular formula is C29H59NO3SSi. The van der Waals surface area contributed by atoms with Gasteiger partial charge in [-0.2, -0.15) is 0 Å². The Bertz CT molecular complexity index is 485. The lowest BCUT2D eigenvalue weighted by atomic mass is 9.97. The fourth-order valence-electron chi connectivity index (χ4n) is 5.09. The predicted octanol–water partition coefficient (Wildman–Crippen LogP) is 9.33. The van der Waals surface area contributed by atoms with Crippen LogP contribution in [0.25, 0.3) is 0 Å². The van der Waals surface area contributed by atoms with E-state index in [2.05, 4.69) is 19.3 Å². The van der Waals surface area contributed by atoms with Crippen molar-refractivity contribution in [1.29, 1.82) is 0 Å². The Morgan fingerprint density at radius 2 is 1.37 bits per heavy atom. The molecule has 0 aromatic heterocycles. The van der Waals surface area contributed by atoms with Gasteiger partial charge in [-0.05, 0) is 37.3 Å². The van der Waals surface area contributed by atoms with Crippen LogP contribution < -0.4 is 5.48 Å². The highest BCUT2D eigenvalue weighted by Gasteiger charge is 2.37. The summed E-state index contributed by atoms with van der Waals surface area (Å²) in [7, 11) is -2.15. The fourth-order valence-corrected chi connectivity index (χ4v) is 8.48. The quantitative estimate of drug-likeness (QED) is 0.112. The van der Waals surface area contributed by atoms with Crippen LogP contribution in [0.2, 0.25) is 12.1 Å². The molecule has 1 saturated heterocycles. The molecule has 1 fully saturated rings. The summed E-state index contributed by atoms with van der Waals surface area (Å²) in [6.45, 7) is 7.91. The van der Waals surface area contributed by atoms with Crippen molar-refractivity contribution in [3.8, 4) is 0 Å². The number of hydrogen-bond donors (Lipinski definition) is 1. The molecular weight excluding hydrogens is 470 g/mol. The van der Waals surface area contributed by atoms with Crippen molar-refractivity contribution in [2.45, 2.75) is 155 Å². The van der Waals surface area contributed by atoms with Gasteiger partial charge in [-0.3, -0.25) is 4.79 Å². The Kier molecular flexibility index (Phi) is 22.0. The summed E-state index contributed by atoms with van der Waals surface area (Å²) < 4.78 is 12.5. The second kappa shape index (κ2) is 23.2. The Balaban J connectivity index is 1.94. The van der Waals surface area contributed by atoms with E-state index in [-0.39, 0.29) is 5.12 Å². The van der Waals surface area contributed by atoms with Gasteiger partial charge in [0.25, 0.3) is 0 Å². The molecule has 35 heavy (non-hydrogen) atoms. The highest BCUT2D eigenvalue weighted by molar-refractivity contribution is 8.13. The third kappa shape index (κ3) is 18.9. The highest BCUT2D eigenvalue weighted by Crippen LogP contribution is 2.25. The molecule has 0 spiro atoms. The van der Waals surface area contributed by atoms with E-state index in [0.717, 1.165) is 43.8 Å². The van der Waals surface area contributed by atoms with Gasteiger partial charge in [0.2, 0.25) is 0 Å². The molecule has 1 aliphatic rings. The number of carbonyl (C=O) groups excluding carboxylic acids is 1. The van der Waals surface area contributed by atoms with Gasteiger partial charge >= 0.3 is 8.56 Å². The van der Waals surface area contributed by atoms with Crippen molar-refractivity contribution in [2.24, 2.45) is 5.92 Å². The predicted molar refractivity (Wildman–Crippen MR) is 156 cm³/mol. The van der Waals surface area contributed by atoms with Crippen molar-refractivity contribution in [3.63, 3.8) is 0 Å². The van der Waals surface area contributed by atoms with E-state index < -0.39 is 8.56 Å². The third-order valence-electron chi connectivity index (χ3n) is 7.53. The van der Waals surface area contributed by atoms with E-state index in [9.17, 15) is 4.79 Å². The van der Waals surface area contributed by atoms with Crippen LogP contribution in [0.5, 0.6) is 0 Å². The molecule has 0 aromatic rings. The van der Waals surface area contributed by atoms with E-state index in [0.29, 0.717) is 5.92 Å². The molecule has 1 N–H and O–H groups in total. The summed E-state index contributed by atoms with van der Waals surface area (Å²) in [6, 6.07) is 1.94. The Hall–Kier alpha value is 0.117. The maximum absolute atomic E-state index is 11.1. The van der Waals surface area contributed by atoms with Crippen molar-refractivity contribution < 1.29 is 13.7 Å². The summed E-state index contributed by atoms with van der Waals surface area (Å²) in [6.07, 6.45) is 26.2. The summed E-state index contributed by atoms with van der Waals surface area (Å²) in [5.41, 5.74) is 3.30. The number of nitrogens with one attached hydrogen (secondary N) is 1. The molecule has 0 bridgehead atoms. The lowest BCUT2D eigenvalue weighted by Crippen LogP contribution is -2.49. The van der Waals surface area contributed by atoms with Crippen molar-refractivity contribution in [2.75, 3.05) is 18.9 Å². The molecule has 2 atom stereocenters. The zero-order valence-electron chi connectivity index (χ0n) is 23.7. The molecule has 208 valence electrons. The number of thioether (sulfide) groups is 1. The van der Waals surface area contributed by atoms with Gasteiger partial charge in [0.05, 0.1) is 0 Å². The van der Waals surface area contributed by atoms with Crippen LogP contribution in [0.3, 0.4) is 0 Å². The van der Waals surface area contributed by atoms with Crippen molar-refractivity contribution in [1.82, 2.24) is 5.48 Å². The zero-order chi connectivity index (χ0) is 25.5. The average Bonchev–Trinajstić information content (AvgIpc) is 2.83. The summed E-state index contributed by atoms with van der Waals surface area (Å²) in [4.78, 5) is 11.1. The lowest BCUT2D eigenvalue weighted by Gasteiger charge is -2.33. The monoisotopic (exact) mass is 529 g/mol. The SMILES string of the molecule is CCCCCCCCCCCCCCCCCCC1CCO[Si](CC)(CCCSC(C)=O)ONC1. The fraction of sp³-hybridized carbons (Fsp3) is 0.966. The molecule has 0 saturated carbocycles. The standard InChI is InChI=1S/C29H59NO3SSi/c1-4-6-7-8-9-10-11-12-13-14-15-16-17-18-19-20-22-29-23-24-32-35(5-2,33-30-27-29)26-21-25-34-28(3)31/h29-30H,4-27H2,1-3H3. The van der Waals surface area contributed by atoms with Gasteiger partial charge in [-0.25, -0.2) is 5.48 Å². The largest absolute Gasteiger partial charge is 0.393 e. The minimum atomic E-state index is -2.15. The third-order valence-corrected chi connectivity index (χ3v) is 11.9. The zero-order valence-corrected chi connectivity index (χ0v) is 25.5. The van der Waals surface area contributed by atoms with Crippen molar-refractivity contribution in [3.05, 3.63) is 0 Å². The molecule has 1 heterocycles. The first-order valence-electron chi connectivity index (χ1n) is 15.3. The van der Waals surface area contributed by atoms with Crippen LogP contribution in [-0.4, -0.2) is 32.6 Å². The van der Waals surface area contributed by atoms with E-state index in [1.165, 1.54) is 121 Å². The van der Waals surface area contributed by atoms with Gasteiger partial charge < -0.3 is 8.95 Å². The molecule has 0 amide bonds. The van der Waals surface area contributed by atoms with Gasteiger partial charge in [0, 0.05) is 25.8 Å². The second-order valence-corrected chi connectivity index (χ2v) is 15.5. The smallest absolute Gasteiger partial charge is 0.357 e. The number of unbranched alkanes of at least 4 members (excludes halogenated alkanes) is 15. The normalized spacial score (nSPS) is 21.1. The van der Waals surface area contributed by atoms with Crippen molar-refractivity contribution >= 4 is 25.4 Å². The van der Waals surface area contributed by atoms with Crippen LogP contribution in [-0.2, 0) is 13.7 Å². The molecule has 4 nitrogen and oxygen atoms in total. The Labute approximate surface area is 224 Å². The van der Waals surface area contributed by atoms with E-state index in [1.807, 2.05) is 0 Å². The molecule has 1 rings (SSSR count). The second-order valence-electron chi connectivity index (χ2n) is 10.8.